The van der Waals surface area contributed by atoms with Gasteiger partial charge < -0.3 is 14.8 Å². The third-order valence-electron chi connectivity index (χ3n) is 3.84. The number of nitrogens with one attached hydrogen (secondary N) is 1. The molecular formula is C16H20N4O3. The number of amides is 1. The zero-order chi connectivity index (χ0) is 16.2. The molecule has 0 spiro atoms. The molecule has 1 unspecified atom stereocenters. The highest BCUT2D eigenvalue weighted by atomic mass is 16.5. The first-order valence-electron chi connectivity index (χ1n) is 7.69. The number of aromatic nitrogens is 3. The number of benzene rings is 1. The lowest BCUT2D eigenvalue weighted by Gasteiger charge is -2.24. The summed E-state index contributed by atoms with van der Waals surface area (Å²) in [5.41, 5.74) is 2.12. The molecule has 1 atom stereocenters. The molecule has 0 saturated heterocycles. The van der Waals surface area contributed by atoms with Crippen molar-refractivity contribution < 1.29 is 14.3 Å². The SMILES string of the molecule is CCCNC(=O)c1nnn2c1COC(c1ccc(OC)cc1)C2. The van der Waals surface area contributed by atoms with Crippen molar-refractivity contribution in [1.29, 1.82) is 0 Å². The predicted molar refractivity (Wildman–Crippen MR) is 83.2 cm³/mol. The Balaban J connectivity index is 1.74. The van der Waals surface area contributed by atoms with Gasteiger partial charge in [-0.2, -0.15) is 0 Å². The van der Waals surface area contributed by atoms with E-state index in [4.69, 9.17) is 9.47 Å². The molecule has 0 radical (unpaired) electrons. The lowest BCUT2D eigenvalue weighted by Crippen LogP contribution is -2.28. The van der Waals surface area contributed by atoms with Gasteiger partial charge >= 0.3 is 0 Å². The van der Waals surface area contributed by atoms with E-state index in [1.807, 2.05) is 31.2 Å². The number of rotatable bonds is 5. The third-order valence-corrected chi connectivity index (χ3v) is 3.84. The number of hydrogen-bond donors (Lipinski definition) is 1. The molecule has 0 aliphatic carbocycles. The maximum atomic E-state index is 12.1. The Bertz CT molecular complexity index is 681. The van der Waals surface area contributed by atoms with Crippen LogP contribution >= 0.6 is 0 Å². The van der Waals surface area contributed by atoms with Gasteiger partial charge in [0.05, 0.1) is 26.0 Å². The molecule has 1 aliphatic rings. The Morgan fingerprint density at radius 1 is 1.43 bits per heavy atom. The number of hydrogen-bond acceptors (Lipinski definition) is 5. The monoisotopic (exact) mass is 316 g/mol. The number of fused-ring (bicyclic) bond motifs is 1. The predicted octanol–water partition coefficient (Wildman–Crippen LogP) is 1.70. The van der Waals surface area contributed by atoms with E-state index in [0.717, 1.165) is 23.4 Å². The standard InChI is InChI=1S/C16H20N4O3/c1-3-8-17-16(21)15-13-10-23-14(9-20(13)19-18-15)11-4-6-12(22-2)7-5-11/h4-7,14H,3,8-10H2,1-2H3,(H,17,21). The summed E-state index contributed by atoms with van der Waals surface area (Å²) in [4.78, 5) is 12.1. The number of nitrogens with zero attached hydrogens (tertiary/aromatic N) is 3. The van der Waals surface area contributed by atoms with E-state index >= 15 is 0 Å². The van der Waals surface area contributed by atoms with Crippen LogP contribution in [0.15, 0.2) is 24.3 Å². The lowest BCUT2D eigenvalue weighted by molar-refractivity contribution is -0.00179. The Morgan fingerprint density at radius 2 is 2.22 bits per heavy atom. The molecule has 1 aromatic carbocycles. The van der Waals surface area contributed by atoms with E-state index < -0.39 is 0 Å². The van der Waals surface area contributed by atoms with Crippen molar-refractivity contribution in [2.75, 3.05) is 13.7 Å². The molecule has 7 heteroatoms. The average Bonchev–Trinajstić information content (AvgIpc) is 3.03. The number of ether oxygens (including phenoxy) is 2. The zero-order valence-corrected chi connectivity index (χ0v) is 13.3. The van der Waals surface area contributed by atoms with Crippen molar-refractivity contribution in [2.24, 2.45) is 0 Å². The van der Waals surface area contributed by atoms with Crippen LogP contribution in [-0.2, 0) is 17.9 Å². The van der Waals surface area contributed by atoms with Gasteiger partial charge in [-0.3, -0.25) is 4.79 Å². The van der Waals surface area contributed by atoms with Gasteiger partial charge in [0.2, 0.25) is 0 Å². The van der Waals surface area contributed by atoms with E-state index in [2.05, 4.69) is 15.6 Å². The van der Waals surface area contributed by atoms with Crippen LogP contribution in [0.5, 0.6) is 5.75 Å². The largest absolute Gasteiger partial charge is 0.497 e. The highest BCUT2D eigenvalue weighted by molar-refractivity contribution is 5.93. The summed E-state index contributed by atoms with van der Waals surface area (Å²) >= 11 is 0. The number of methoxy groups -OCH3 is 1. The van der Waals surface area contributed by atoms with Crippen LogP contribution < -0.4 is 10.1 Å². The van der Waals surface area contributed by atoms with Crippen LogP contribution in [0.2, 0.25) is 0 Å². The summed E-state index contributed by atoms with van der Waals surface area (Å²) < 4.78 is 12.8. The Morgan fingerprint density at radius 3 is 2.91 bits per heavy atom. The summed E-state index contributed by atoms with van der Waals surface area (Å²) in [6.45, 7) is 3.48. The van der Waals surface area contributed by atoms with Crippen molar-refractivity contribution in [1.82, 2.24) is 20.3 Å². The molecule has 122 valence electrons. The molecule has 0 saturated carbocycles. The van der Waals surface area contributed by atoms with Gasteiger partial charge in [-0.1, -0.05) is 24.3 Å². The second kappa shape index (κ2) is 6.78. The van der Waals surface area contributed by atoms with E-state index in [1.165, 1.54) is 0 Å². The summed E-state index contributed by atoms with van der Waals surface area (Å²) in [6.07, 6.45) is 0.771. The zero-order valence-electron chi connectivity index (χ0n) is 13.3. The average molecular weight is 316 g/mol. The fraction of sp³-hybridized carbons (Fsp3) is 0.438. The minimum atomic E-state index is -0.195. The van der Waals surface area contributed by atoms with Gasteiger partial charge in [0.15, 0.2) is 5.69 Å². The van der Waals surface area contributed by atoms with Crippen molar-refractivity contribution in [3.63, 3.8) is 0 Å². The first-order valence-corrected chi connectivity index (χ1v) is 7.69. The van der Waals surface area contributed by atoms with E-state index in [1.54, 1.807) is 11.8 Å². The fourth-order valence-corrected chi connectivity index (χ4v) is 2.53. The Hall–Kier alpha value is -2.41. The summed E-state index contributed by atoms with van der Waals surface area (Å²) in [5.74, 6) is 0.612. The maximum absolute atomic E-state index is 12.1. The maximum Gasteiger partial charge on any atom is 0.273 e. The van der Waals surface area contributed by atoms with Crippen molar-refractivity contribution in [3.8, 4) is 5.75 Å². The van der Waals surface area contributed by atoms with Crippen molar-refractivity contribution >= 4 is 5.91 Å². The van der Waals surface area contributed by atoms with E-state index in [9.17, 15) is 4.79 Å². The highest BCUT2D eigenvalue weighted by Gasteiger charge is 2.27. The molecule has 23 heavy (non-hydrogen) atoms. The molecule has 2 heterocycles. The molecule has 1 N–H and O–H groups in total. The Labute approximate surface area is 134 Å². The van der Waals surface area contributed by atoms with Gasteiger partial charge in [-0.25, -0.2) is 4.68 Å². The van der Waals surface area contributed by atoms with Crippen LogP contribution in [0, 0.1) is 0 Å². The molecule has 7 nitrogen and oxygen atoms in total. The fourth-order valence-electron chi connectivity index (χ4n) is 2.53. The molecule has 3 rings (SSSR count). The first-order chi connectivity index (χ1) is 11.2. The Kier molecular flexibility index (Phi) is 4.57. The molecular weight excluding hydrogens is 296 g/mol. The van der Waals surface area contributed by atoms with Gasteiger partial charge in [-0.15, -0.1) is 5.10 Å². The van der Waals surface area contributed by atoms with Crippen LogP contribution in [0.4, 0.5) is 0 Å². The van der Waals surface area contributed by atoms with Gasteiger partial charge in [0, 0.05) is 6.54 Å². The van der Waals surface area contributed by atoms with Gasteiger partial charge in [0.1, 0.15) is 11.9 Å². The minimum Gasteiger partial charge on any atom is -0.497 e. The minimum absolute atomic E-state index is 0.110. The second-order valence-electron chi connectivity index (χ2n) is 5.40. The van der Waals surface area contributed by atoms with Gasteiger partial charge in [0.25, 0.3) is 5.91 Å². The van der Waals surface area contributed by atoms with E-state index in [-0.39, 0.29) is 12.0 Å². The second-order valence-corrected chi connectivity index (χ2v) is 5.40. The van der Waals surface area contributed by atoms with Crippen LogP contribution in [-0.4, -0.2) is 34.6 Å². The normalized spacial score (nSPS) is 16.7. The van der Waals surface area contributed by atoms with Crippen molar-refractivity contribution in [2.45, 2.75) is 32.6 Å². The molecule has 1 amide bonds. The highest BCUT2D eigenvalue weighted by Crippen LogP contribution is 2.28. The van der Waals surface area contributed by atoms with Crippen molar-refractivity contribution in [3.05, 3.63) is 41.2 Å². The topological polar surface area (TPSA) is 78.3 Å². The van der Waals surface area contributed by atoms with Crippen LogP contribution in [0.25, 0.3) is 0 Å². The summed E-state index contributed by atoms with van der Waals surface area (Å²) in [7, 11) is 1.64. The quantitative estimate of drug-likeness (QED) is 0.908. The molecule has 1 aliphatic heterocycles. The smallest absolute Gasteiger partial charge is 0.273 e. The number of carbonyl (C=O) groups is 1. The lowest BCUT2D eigenvalue weighted by atomic mass is 10.1. The molecule has 0 fully saturated rings. The molecule has 2 aromatic rings. The third kappa shape index (κ3) is 3.19. The summed E-state index contributed by atoms with van der Waals surface area (Å²) in [6, 6.07) is 7.75. The van der Waals surface area contributed by atoms with E-state index in [0.29, 0.717) is 25.4 Å². The first kappa shape index (κ1) is 15.5. The molecule has 0 bridgehead atoms. The van der Waals surface area contributed by atoms with Crippen LogP contribution in [0.3, 0.4) is 0 Å². The number of carbonyl (C=O) groups excluding carboxylic acids is 1. The molecule has 1 aromatic heterocycles. The van der Waals surface area contributed by atoms with Gasteiger partial charge in [-0.05, 0) is 24.1 Å². The van der Waals surface area contributed by atoms with Crippen LogP contribution in [0.1, 0.15) is 41.2 Å². The summed E-state index contributed by atoms with van der Waals surface area (Å²) in [5, 5.41) is 10.9.